The van der Waals surface area contributed by atoms with E-state index in [9.17, 15) is 13.2 Å². The molecule has 1 N–H and O–H groups in total. The Labute approximate surface area is 229 Å². The summed E-state index contributed by atoms with van der Waals surface area (Å²) in [6.45, 7) is 5.11. The highest BCUT2D eigenvalue weighted by molar-refractivity contribution is 7.90. The highest BCUT2D eigenvalue weighted by atomic mass is 32.2. The average Bonchev–Trinajstić information content (AvgIpc) is 3.58. The van der Waals surface area contributed by atoms with Gasteiger partial charge in [0.05, 0.1) is 24.8 Å². The number of rotatable bonds is 8. The molecule has 3 unspecified atom stereocenters. The first kappa shape index (κ1) is 27.1. The fourth-order valence-electron chi connectivity index (χ4n) is 5.35. The molecule has 1 aromatic heterocycles. The van der Waals surface area contributed by atoms with Crippen LogP contribution in [0.15, 0.2) is 67.0 Å². The van der Waals surface area contributed by atoms with Gasteiger partial charge in [-0.25, -0.2) is 0 Å². The summed E-state index contributed by atoms with van der Waals surface area (Å²) in [5, 5.41) is 0. The van der Waals surface area contributed by atoms with Crippen LogP contribution >= 0.6 is 0 Å². The van der Waals surface area contributed by atoms with Gasteiger partial charge in [-0.1, -0.05) is 23.8 Å². The lowest BCUT2D eigenvalue weighted by Crippen LogP contribution is -2.35. The molecule has 3 heterocycles. The third kappa shape index (κ3) is 5.93. The number of nitrogens with one attached hydrogen (secondary N) is 1. The van der Waals surface area contributed by atoms with Gasteiger partial charge in [0.1, 0.15) is 18.0 Å². The van der Waals surface area contributed by atoms with Crippen molar-refractivity contribution in [3.05, 3.63) is 89.2 Å². The van der Waals surface area contributed by atoms with Gasteiger partial charge < -0.3 is 14.4 Å². The Morgan fingerprint density at radius 3 is 2.56 bits per heavy atom. The molecule has 3 atom stereocenters. The van der Waals surface area contributed by atoms with Crippen molar-refractivity contribution in [3.63, 3.8) is 0 Å². The van der Waals surface area contributed by atoms with Crippen molar-refractivity contribution in [1.29, 1.82) is 0 Å². The normalized spacial score (nSPS) is 21.7. The van der Waals surface area contributed by atoms with Gasteiger partial charge in [0.25, 0.3) is 5.91 Å². The second-order valence-electron chi connectivity index (χ2n) is 10.1. The lowest BCUT2D eigenvalue weighted by molar-refractivity contribution is 0.0340. The van der Waals surface area contributed by atoms with Crippen LogP contribution in [0.3, 0.4) is 0 Å². The average molecular weight is 551 g/mol. The predicted octanol–water partition coefficient (Wildman–Crippen LogP) is 4.11. The molecule has 10 heteroatoms. The van der Waals surface area contributed by atoms with E-state index in [0.29, 0.717) is 36.6 Å². The smallest absolute Gasteiger partial charge is 0.302 e. The number of likely N-dealkylation sites (tertiary alicyclic amines) is 1. The zero-order valence-electron chi connectivity index (χ0n) is 22.4. The Balaban J connectivity index is 1.28. The lowest BCUT2D eigenvalue weighted by atomic mass is 10.0. The number of aromatic nitrogens is 1. The summed E-state index contributed by atoms with van der Waals surface area (Å²) in [6, 6.07) is 16.2. The fourth-order valence-corrected chi connectivity index (χ4v) is 6.82. The number of amides is 1. The number of methoxy groups -OCH3 is 1. The quantitative estimate of drug-likeness (QED) is 0.453. The molecular weight excluding hydrogens is 516 g/mol. The molecule has 0 spiro atoms. The van der Waals surface area contributed by atoms with E-state index >= 15 is 0 Å². The Morgan fingerprint density at radius 2 is 1.79 bits per heavy atom. The third-order valence-corrected chi connectivity index (χ3v) is 8.95. The Morgan fingerprint density at radius 1 is 1.03 bits per heavy atom. The van der Waals surface area contributed by atoms with Crippen LogP contribution in [-0.2, 0) is 14.9 Å². The number of benzene rings is 2. The summed E-state index contributed by atoms with van der Waals surface area (Å²) < 4.78 is 42.8. The molecular formula is C29H34N4O5S. The Kier molecular flexibility index (Phi) is 7.88. The number of ether oxygens (including phenoxy) is 2. The zero-order chi connectivity index (χ0) is 27.6. The number of anilines is 1. The number of carbonyl (C=O) groups excluding carboxylic acids is 1. The van der Waals surface area contributed by atoms with E-state index in [2.05, 4.69) is 9.71 Å². The highest BCUT2D eigenvalue weighted by Crippen LogP contribution is 2.35. The van der Waals surface area contributed by atoms with Gasteiger partial charge >= 0.3 is 10.2 Å². The minimum atomic E-state index is -3.80. The van der Waals surface area contributed by atoms with E-state index < -0.39 is 16.3 Å². The Bertz CT molecular complexity index is 1430. The van der Waals surface area contributed by atoms with Crippen molar-refractivity contribution in [3.8, 4) is 5.75 Å². The maximum Gasteiger partial charge on any atom is 0.302 e. The van der Waals surface area contributed by atoms with Gasteiger partial charge in [-0.15, -0.1) is 0 Å². The number of pyridine rings is 1. The minimum Gasteiger partial charge on any atom is -0.486 e. The first-order valence-electron chi connectivity index (χ1n) is 13.1. The maximum atomic E-state index is 13.3. The van der Waals surface area contributed by atoms with Gasteiger partial charge in [0.15, 0.2) is 0 Å². The molecule has 1 amide bonds. The molecule has 3 aromatic rings. The first-order chi connectivity index (χ1) is 18.7. The molecule has 0 aliphatic carbocycles. The number of carbonyl (C=O) groups is 1. The van der Waals surface area contributed by atoms with Crippen molar-refractivity contribution < 1.29 is 22.7 Å². The van der Waals surface area contributed by atoms with Gasteiger partial charge in [-0.05, 0) is 68.1 Å². The number of nitrogens with zero attached hydrogens (tertiary/aromatic N) is 3. The number of hydrogen-bond acceptors (Lipinski definition) is 6. The molecule has 206 valence electrons. The zero-order valence-corrected chi connectivity index (χ0v) is 23.2. The predicted molar refractivity (Wildman–Crippen MR) is 149 cm³/mol. The number of hydrogen-bond donors (Lipinski definition) is 1. The molecule has 2 aliphatic heterocycles. The molecule has 0 saturated carbocycles. The van der Waals surface area contributed by atoms with E-state index in [4.69, 9.17) is 9.47 Å². The largest absolute Gasteiger partial charge is 0.486 e. The molecule has 0 radical (unpaired) electrons. The molecule has 2 aromatic carbocycles. The van der Waals surface area contributed by atoms with E-state index in [1.807, 2.05) is 44.2 Å². The third-order valence-electron chi connectivity index (χ3n) is 7.40. The summed E-state index contributed by atoms with van der Waals surface area (Å²) >= 11 is 0. The summed E-state index contributed by atoms with van der Waals surface area (Å²) in [7, 11) is -2.19. The maximum absolute atomic E-state index is 13.3. The highest BCUT2D eigenvalue weighted by Gasteiger charge is 2.38. The molecule has 9 nitrogen and oxygen atoms in total. The minimum absolute atomic E-state index is 0.0553. The summed E-state index contributed by atoms with van der Waals surface area (Å²) in [5.74, 6) is 0.440. The van der Waals surface area contributed by atoms with Crippen LogP contribution in [0.2, 0.25) is 0 Å². The Hall–Kier alpha value is -3.47. The standard InChI is InChI=1S/C29H34N4O5S/c1-20-9-10-21(2)25(16-20)29(34)32-18-27(37-3)28(19-32)38-24-7-4-6-23(17-24)31-39(35,36)33-15-5-8-26(33)22-11-13-30-14-12-22/h4,6-7,9-14,16-17,26-28,31H,5,8,15,18-19H2,1-3H3. The summed E-state index contributed by atoms with van der Waals surface area (Å²) in [5.41, 5.74) is 3.96. The van der Waals surface area contributed by atoms with Crippen LogP contribution in [0, 0.1) is 13.8 Å². The van der Waals surface area contributed by atoms with Crippen LogP contribution in [-0.4, -0.2) is 67.5 Å². The fraction of sp³-hybridized carbons (Fsp3) is 0.379. The van der Waals surface area contributed by atoms with Crippen LogP contribution < -0.4 is 9.46 Å². The summed E-state index contributed by atoms with van der Waals surface area (Å²) in [6.07, 6.45) is 4.19. The molecule has 2 saturated heterocycles. The molecule has 5 rings (SSSR count). The monoisotopic (exact) mass is 550 g/mol. The van der Waals surface area contributed by atoms with Crippen LogP contribution in [0.4, 0.5) is 5.69 Å². The molecule has 2 fully saturated rings. The van der Waals surface area contributed by atoms with Gasteiger partial charge in [0, 0.05) is 37.7 Å². The second kappa shape index (κ2) is 11.3. The first-order valence-corrected chi connectivity index (χ1v) is 14.5. The van der Waals surface area contributed by atoms with E-state index in [-0.39, 0.29) is 18.1 Å². The van der Waals surface area contributed by atoms with Crippen molar-refractivity contribution in [1.82, 2.24) is 14.2 Å². The van der Waals surface area contributed by atoms with Crippen LogP contribution in [0.25, 0.3) is 0 Å². The van der Waals surface area contributed by atoms with Crippen LogP contribution in [0.5, 0.6) is 5.75 Å². The summed E-state index contributed by atoms with van der Waals surface area (Å²) in [4.78, 5) is 19.1. The molecule has 0 bridgehead atoms. The molecule has 39 heavy (non-hydrogen) atoms. The SMILES string of the molecule is COC1CN(C(=O)c2cc(C)ccc2C)CC1Oc1cccc(NS(=O)(=O)N2CCCC2c2ccncc2)c1. The van der Waals surface area contributed by atoms with E-state index in [0.717, 1.165) is 29.5 Å². The van der Waals surface area contributed by atoms with Crippen molar-refractivity contribution in [2.24, 2.45) is 0 Å². The van der Waals surface area contributed by atoms with Gasteiger partial charge in [-0.2, -0.15) is 12.7 Å². The van der Waals surface area contributed by atoms with Crippen molar-refractivity contribution in [2.75, 3.05) is 31.5 Å². The van der Waals surface area contributed by atoms with Gasteiger partial charge in [-0.3, -0.25) is 14.5 Å². The second-order valence-corrected chi connectivity index (χ2v) is 11.8. The topological polar surface area (TPSA) is 101 Å². The van der Waals surface area contributed by atoms with Crippen LogP contribution in [0.1, 0.15) is 45.9 Å². The molecule has 2 aliphatic rings. The number of aryl methyl sites for hydroxylation is 2. The van der Waals surface area contributed by atoms with Crippen molar-refractivity contribution >= 4 is 21.8 Å². The van der Waals surface area contributed by atoms with Crippen molar-refractivity contribution in [2.45, 2.75) is 44.9 Å². The lowest BCUT2D eigenvalue weighted by Gasteiger charge is -2.25. The van der Waals surface area contributed by atoms with E-state index in [1.54, 1.807) is 48.7 Å². The van der Waals surface area contributed by atoms with Gasteiger partial charge in [0.2, 0.25) is 0 Å². The van der Waals surface area contributed by atoms with E-state index in [1.165, 1.54) is 4.31 Å².